The van der Waals surface area contributed by atoms with Crippen molar-refractivity contribution in [3.05, 3.63) is 53.1 Å². The van der Waals surface area contributed by atoms with Crippen molar-refractivity contribution >= 4 is 22.4 Å². The van der Waals surface area contributed by atoms with Crippen molar-refractivity contribution in [2.75, 3.05) is 5.32 Å². The lowest BCUT2D eigenvalue weighted by Crippen LogP contribution is -2.12. The van der Waals surface area contributed by atoms with Gasteiger partial charge in [-0.25, -0.2) is 4.39 Å². The number of carbonyl (C=O) groups is 1. The highest BCUT2D eigenvalue weighted by Gasteiger charge is 2.35. The van der Waals surface area contributed by atoms with E-state index in [2.05, 4.69) is 14.8 Å². The maximum absolute atomic E-state index is 14.7. The largest absolute Gasteiger partial charge is 0.435 e. The fourth-order valence-corrected chi connectivity index (χ4v) is 3.23. The number of aryl methyl sites for hydroxylation is 1. The summed E-state index contributed by atoms with van der Waals surface area (Å²) in [6.07, 6.45) is -3.05. The fourth-order valence-electron chi connectivity index (χ4n) is 2.58. The number of rotatable bonds is 4. The van der Waals surface area contributed by atoms with Crippen LogP contribution in [0.2, 0.25) is 0 Å². The molecule has 0 saturated heterocycles. The number of nitrogens with one attached hydrogen (secondary N) is 1. The first-order valence-corrected chi connectivity index (χ1v) is 9.04. The lowest BCUT2D eigenvalue weighted by Gasteiger charge is -2.12. The summed E-state index contributed by atoms with van der Waals surface area (Å²) < 4.78 is 58.8. The first kappa shape index (κ1) is 20.0. The van der Waals surface area contributed by atoms with Crippen molar-refractivity contribution in [3.63, 3.8) is 0 Å². The highest BCUT2D eigenvalue weighted by Crippen LogP contribution is 2.34. The molecule has 0 spiro atoms. The zero-order chi connectivity index (χ0) is 20.6. The Kier molecular flexibility index (Phi) is 5.24. The Balaban J connectivity index is 1.96. The monoisotopic (exact) mass is 412 g/mol. The SMILES string of the molecule is Cc1cnsc1NC(=O)c1ccc(-c2cc(C(F)(F)F)nn2C(C)C)c(F)c1. The molecule has 0 saturated carbocycles. The van der Waals surface area contributed by atoms with Gasteiger partial charge in [-0.15, -0.1) is 0 Å². The predicted molar refractivity (Wildman–Crippen MR) is 97.8 cm³/mol. The average Bonchev–Trinajstić information content (AvgIpc) is 3.21. The van der Waals surface area contributed by atoms with Gasteiger partial charge in [0.1, 0.15) is 10.8 Å². The molecule has 0 radical (unpaired) electrons. The van der Waals surface area contributed by atoms with Gasteiger partial charge < -0.3 is 5.32 Å². The summed E-state index contributed by atoms with van der Waals surface area (Å²) in [6, 6.07) is 4.02. The number of anilines is 1. The number of hydrogen-bond acceptors (Lipinski definition) is 4. The van der Waals surface area contributed by atoms with Crippen LogP contribution in [0.4, 0.5) is 22.6 Å². The number of alkyl halides is 3. The summed E-state index contributed by atoms with van der Waals surface area (Å²) in [5.41, 5.74) is -0.359. The Morgan fingerprint density at radius 3 is 2.50 bits per heavy atom. The van der Waals surface area contributed by atoms with E-state index in [-0.39, 0.29) is 16.8 Å². The van der Waals surface area contributed by atoms with E-state index in [0.717, 1.165) is 33.9 Å². The third kappa shape index (κ3) is 3.91. The maximum Gasteiger partial charge on any atom is 0.435 e. The van der Waals surface area contributed by atoms with Crippen molar-refractivity contribution in [3.8, 4) is 11.3 Å². The quantitative estimate of drug-likeness (QED) is 0.591. The maximum atomic E-state index is 14.7. The summed E-state index contributed by atoms with van der Waals surface area (Å²) in [5, 5.41) is 6.73. The van der Waals surface area contributed by atoms with Gasteiger partial charge in [-0.3, -0.25) is 9.48 Å². The number of nitrogens with zero attached hydrogens (tertiary/aromatic N) is 3. The molecule has 3 rings (SSSR count). The van der Waals surface area contributed by atoms with E-state index >= 15 is 0 Å². The zero-order valence-electron chi connectivity index (χ0n) is 15.1. The minimum Gasteiger partial charge on any atom is -0.312 e. The average molecular weight is 412 g/mol. The van der Waals surface area contributed by atoms with Gasteiger partial charge in [-0.1, -0.05) is 0 Å². The molecule has 0 atom stereocenters. The number of carbonyl (C=O) groups excluding carboxylic acids is 1. The Hall–Kier alpha value is -2.75. The number of hydrogen-bond donors (Lipinski definition) is 1. The van der Waals surface area contributed by atoms with Crippen LogP contribution in [0.1, 0.15) is 41.5 Å². The molecule has 0 aliphatic heterocycles. The lowest BCUT2D eigenvalue weighted by molar-refractivity contribution is -0.141. The van der Waals surface area contributed by atoms with Gasteiger partial charge in [0.15, 0.2) is 5.69 Å². The molecule has 1 amide bonds. The molecular formula is C18H16F4N4OS. The second-order valence-electron chi connectivity index (χ2n) is 6.44. The molecule has 2 heterocycles. The fraction of sp³-hybridized carbons (Fsp3) is 0.278. The zero-order valence-corrected chi connectivity index (χ0v) is 16.0. The first-order valence-electron chi connectivity index (χ1n) is 8.27. The lowest BCUT2D eigenvalue weighted by atomic mass is 10.1. The summed E-state index contributed by atoms with van der Waals surface area (Å²) in [5.74, 6) is -1.35. The van der Waals surface area contributed by atoms with Crippen LogP contribution >= 0.6 is 11.5 Å². The van der Waals surface area contributed by atoms with Crippen LogP contribution in [0.3, 0.4) is 0 Å². The van der Waals surface area contributed by atoms with E-state index in [9.17, 15) is 22.4 Å². The van der Waals surface area contributed by atoms with Crippen LogP contribution in [0.5, 0.6) is 0 Å². The van der Waals surface area contributed by atoms with E-state index in [1.165, 1.54) is 12.1 Å². The van der Waals surface area contributed by atoms with Gasteiger partial charge in [0, 0.05) is 28.9 Å². The molecule has 0 unspecified atom stereocenters. The van der Waals surface area contributed by atoms with Crippen LogP contribution in [0.25, 0.3) is 11.3 Å². The van der Waals surface area contributed by atoms with E-state index in [4.69, 9.17) is 0 Å². The highest BCUT2D eigenvalue weighted by molar-refractivity contribution is 7.10. The van der Waals surface area contributed by atoms with E-state index < -0.39 is 29.6 Å². The molecule has 2 aromatic heterocycles. The molecule has 5 nitrogen and oxygen atoms in total. The minimum atomic E-state index is -4.64. The van der Waals surface area contributed by atoms with Crippen LogP contribution in [-0.4, -0.2) is 20.1 Å². The van der Waals surface area contributed by atoms with Crippen LogP contribution < -0.4 is 5.32 Å². The second kappa shape index (κ2) is 7.34. The number of benzene rings is 1. The van der Waals surface area contributed by atoms with Crippen molar-refractivity contribution in [1.29, 1.82) is 0 Å². The Labute approximate surface area is 162 Å². The van der Waals surface area contributed by atoms with Crippen LogP contribution in [-0.2, 0) is 6.18 Å². The Morgan fingerprint density at radius 2 is 1.96 bits per heavy atom. The van der Waals surface area contributed by atoms with Gasteiger partial charge >= 0.3 is 6.18 Å². The van der Waals surface area contributed by atoms with Gasteiger partial charge in [0.05, 0.1) is 5.69 Å². The van der Waals surface area contributed by atoms with E-state index in [0.29, 0.717) is 5.00 Å². The van der Waals surface area contributed by atoms with Crippen molar-refractivity contribution in [2.24, 2.45) is 0 Å². The smallest absolute Gasteiger partial charge is 0.312 e. The summed E-state index contributed by atoms with van der Waals surface area (Å²) in [7, 11) is 0. The molecule has 1 aromatic carbocycles. The molecule has 0 fully saturated rings. The van der Waals surface area contributed by atoms with Gasteiger partial charge in [0.2, 0.25) is 0 Å². The molecule has 10 heteroatoms. The third-order valence-electron chi connectivity index (χ3n) is 4.00. The van der Waals surface area contributed by atoms with Crippen LogP contribution in [0.15, 0.2) is 30.5 Å². The molecular weight excluding hydrogens is 396 g/mol. The predicted octanol–water partition coefficient (Wildman–Crippen LogP) is 5.31. The normalized spacial score (nSPS) is 11.9. The van der Waals surface area contributed by atoms with Crippen molar-refractivity contribution in [1.82, 2.24) is 14.2 Å². The summed E-state index contributed by atoms with van der Waals surface area (Å²) in [4.78, 5) is 12.3. The second-order valence-corrected chi connectivity index (χ2v) is 7.24. The summed E-state index contributed by atoms with van der Waals surface area (Å²) >= 11 is 1.09. The van der Waals surface area contributed by atoms with Crippen molar-refractivity contribution < 1.29 is 22.4 Å². The molecule has 3 aromatic rings. The number of halogens is 4. The highest BCUT2D eigenvalue weighted by atomic mass is 32.1. The van der Waals surface area contributed by atoms with Gasteiger partial charge in [-0.2, -0.15) is 22.6 Å². The van der Waals surface area contributed by atoms with Gasteiger partial charge in [0.25, 0.3) is 5.91 Å². The summed E-state index contributed by atoms with van der Waals surface area (Å²) in [6.45, 7) is 5.07. The number of aromatic nitrogens is 3. The first-order chi connectivity index (χ1) is 13.1. The topological polar surface area (TPSA) is 59.8 Å². The van der Waals surface area contributed by atoms with Gasteiger partial charge in [-0.05, 0) is 56.6 Å². The molecule has 0 bridgehead atoms. The van der Waals surface area contributed by atoms with Crippen molar-refractivity contribution in [2.45, 2.75) is 33.0 Å². The standard InChI is InChI=1S/C18H16F4N4OS/c1-9(2)26-14(7-15(25-26)18(20,21)22)12-5-4-11(6-13(12)19)16(27)24-17-10(3)8-23-28-17/h4-9H,1-3H3,(H,24,27). The van der Waals surface area contributed by atoms with E-state index in [1.54, 1.807) is 27.0 Å². The number of amides is 1. The third-order valence-corrected chi connectivity index (χ3v) is 4.82. The molecule has 0 aliphatic rings. The van der Waals surface area contributed by atoms with Crippen LogP contribution in [0, 0.1) is 12.7 Å². The minimum absolute atomic E-state index is 0.00918. The molecule has 28 heavy (non-hydrogen) atoms. The molecule has 1 N–H and O–H groups in total. The Bertz CT molecular complexity index is 1020. The Morgan fingerprint density at radius 1 is 1.25 bits per heavy atom. The molecule has 0 aliphatic carbocycles. The molecule has 148 valence electrons. The van der Waals surface area contributed by atoms with E-state index in [1.807, 2.05) is 0 Å².